The molecule has 0 saturated heterocycles. The number of aryl methyl sites for hydroxylation is 2. The molecule has 17 heavy (non-hydrogen) atoms. The van der Waals surface area contributed by atoms with Crippen LogP contribution in [0.15, 0.2) is 24.3 Å². The van der Waals surface area contributed by atoms with Gasteiger partial charge in [-0.05, 0) is 55.6 Å². The number of ether oxygens (including phenoxy) is 1. The van der Waals surface area contributed by atoms with Crippen molar-refractivity contribution in [1.82, 2.24) is 5.32 Å². The molecule has 0 bridgehead atoms. The second kappa shape index (κ2) is 6.45. The van der Waals surface area contributed by atoms with E-state index in [2.05, 4.69) is 51.7 Å². The molecular formula is C15H23NO. The molecule has 1 rings (SSSR count). The Morgan fingerprint density at radius 2 is 2.00 bits per heavy atom. The van der Waals surface area contributed by atoms with Crippen LogP contribution in [0.2, 0.25) is 0 Å². The van der Waals surface area contributed by atoms with Gasteiger partial charge in [0.05, 0.1) is 0 Å². The highest BCUT2D eigenvalue weighted by Gasteiger charge is 2.04. The summed E-state index contributed by atoms with van der Waals surface area (Å²) in [6, 6.07) is 4.26. The summed E-state index contributed by atoms with van der Waals surface area (Å²) in [7, 11) is 0. The van der Waals surface area contributed by atoms with Crippen LogP contribution in [0.4, 0.5) is 0 Å². The van der Waals surface area contributed by atoms with Gasteiger partial charge in [-0.15, -0.1) is 0 Å². The van der Waals surface area contributed by atoms with Crippen LogP contribution in [-0.2, 0) is 0 Å². The van der Waals surface area contributed by atoms with Gasteiger partial charge in [0.25, 0.3) is 0 Å². The summed E-state index contributed by atoms with van der Waals surface area (Å²) in [5.74, 6) is 0.972. The third-order valence-electron chi connectivity index (χ3n) is 2.82. The van der Waals surface area contributed by atoms with E-state index in [4.69, 9.17) is 4.74 Å². The van der Waals surface area contributed by atoms with Crippen molar-refractivity contribution in [3.63, 3.8) is 0 Å². The Kier molecular flexibility index (Phi) is 5.23. The smallest absolute Gasteiger partial charge is 0.123 e. The normalized spacial score (nSPS) is 10.4. The molecule has 0 radical (unpaired) electrons. The first kappa shape index (κ1) is 13.8. The minimum Gasteiger partial charge on any atom is -0.489 e. The Morgan fingerprint density at radius 1 is 1.29 bits per heavy atom. The van der Waals surface area contributed by atoms with Gasteiger partial charge in [0.2, 0.25) is 0 Å². The van der Waals surface area contributed by atoms with E-state index in [0.29, 0.717) is 6.61 Å². The molecular weight excluding hydrogens is 210 g/mol. The van der Waals surface area contributed by atoms with Crippen LogP contribution in [0, 0.1) is 20.8 Å². The van der Waals surface area contributed by atoms with Gasteiger partial charge in [-0.25, -0.2) is 0 Å². The summed E-state index contributed by atoms with van der Waals surface area (Å²) in [5.41, 5.74) is 4.80. The minimum atomic E-state index is 0.580. The highest BCUT2D eigenvalue weighted by Crippen LogP contribution is 2.23. The number of nitrogens with one attached hydrogen (secondary N) is 1. The molecule has 0 spiro atoms. The van der Waals surface area contributed by atoms with Crippen LogP contribution in [0.25, 0.3) is 0 Å². The summed E-state index contributed by atoms with van der Waals surface area (Å²) in [5, 5.41) is 3.24. The van der Waals surface area contributed by atoms with Crippen molar-refractivity contribution in [2.75, 3.05) is 19.7 Å². The standard InChI is InChI=1S/C15H23NO/c1-6-16-9-12(3)10-17-15-8-11(2)7-13(4)14(15)5/h7-8,16H,3,6,9-10H2,1-2,4-5H3. The first-order valence-corrected chi connectivity index (χ1v) is 6.12. The molecule has 94 valence electrons. The molecule has 0 heterocycles. The molecule has 0 saturated carbocycles. The van der Waals surface area contributed by atoms with Crippen LogP contribution in [0.5, 0.6) is 5.75 Å². The Bertz CT molecular complexity index is 396. The third kappa shape index (κ3) is 4.23. The molecule has 2 heteroatoms. The van der Waals surface area contributed by atoms with Crippen LogP contribution in [0.1, 0.15) is 23.6 Å². The van der Waals surface area contributed by atoms with Gasteiger partial charge in [0, 0.05) is 6.54 Å². The molecule has 0 aliphatic rings. The minimum absolute atomic E-state index is 0.580. The van der Waals surface area contributed by atoms with Crippen molar-refractivity contribution in [3.05, 3.63) is 41.0 Å². The van der Waals surface area contributed by atoms with Crippen molar-refractivity contribution in [3.8, 4) is 5.75 Å². The topological polar surface area (TPSA) is 21.3 Å². The van der Waals surface area contributed by atoms with E-state index < -0.39 is 0 Å². The highest BCUT2D eigenvalue weighted by molar-refractivity contribution is 5.42. The SMILES string of the molecule is C=C(CNCC)COc1cc(C)cc(C)c1C. The molecule has 1 aromatic carbocycles. The van der Waals surface area contributed by atoms with Crippen LogP contribution < -0.4 is 10.1 Å². The maximum atomic E-state index is 5.82. The number of hydrogen-bond donors (Lipinski definition) is 1. The number of benzene rings is 1. The fourth-order valence-electron chi connectivity index (χ4n) is 1.68. The molecule has 0 aliphatic carbocycles. The summed E-state index contributed by atoms with van der Waals surface area (Å²) >= 11 is 0. The van der Waals surface area contributed by atoms with Gasteiger partial charge in [0.1, 0.15) is 12.4 Å². The monoisotopic (exact) mass is 233 g/mol. The summed E-state index contributed by atoms with van der Waals surface area (Å²) in [6.07, 6.45) is 0. The Labute approximate surface area is 105 Å². The van der Waals surface area contributed by atoms with Crippen LogP contribution >= 0.6 is 0 Å². The lowest BCUT2D eigenvalue weighted by molar-refractivity contribution is 0.345. The largest absolute Gasteiger partial charge is 0.489 e. The highest BCUT2D eigenvalue weighted by atomic mass is 16.5. The van der Waals surface area contributed by atoms with E-state index >= 15 is 0 Å². The van der Waals surface area contributed by atoms with Gasteiger partial charge in [0.15, 0.2) is 0 Å². The van der Waals surface area contributed by atoms with E-state index in [1.54, 1.807) is 0 Å². The first-order valence-electron chi connectivity index (χ1n) is 6.12. The van der Waals surface area contributed by atoms with Crippen molar-refractivity contribution < 1.29 is 4.74 Å². The van der Waals surface area contributed by atoms with E-state index in [1.807, 2.05) is 0 Å². The predicted octanol–water partition coefficient (Wildman–Crippen LogP) is 3.16. The van der Waals surface area contributed by atoms with E-state index in [9.17, 15) is 0 Å². The summed E-state index contributed by atoms with van der Waals surface area (Å²) in [4.78, 5) is 0. The van der Waals surface area contributed by atoms with Gasteiger partial charge < -0.3 is 10.1 Å². The number of rotatable bonds is 6. The second-order valence-electron chi connectivity index (χ2n) is 4.52. The second-order valence-corrected chi connectivity index (χ2v) is 4.52. The van der Waals surface area contributed by atoms with E-state index in [0.717, 1.165) is 24.4 Å². The lowest BCUT2D eigenvalue weighted by Gasteiger charge is -2.13. The van der Waals surface area contributed by atoms with Crippen molar-refractivity contribution in [2.45, 2.75) is 27.7 Å². The average Bonchev–Trinajstić information content (AvgIpc) is 2.29. The molecule has 0 unspecified atom stereocenters. The molecule has 0 aliphatic heterocycles. The Balaban J connectivity index is 2.60. The molecule has 0 amide bonds. The Hall–Kier alpha value is -1.28. The van der Waals surface area contributed by atoms with Gasteiger partial charge in [-0.1, -0.05) is 19.6 Å². The third-order valence-corrected chi connectivity index (χ3v) is 2.82. The zero-order valence-electron chi connectivity index (χ0n) is 11.4. The fraction of sp³-hybridized carbons (Fsp3) is 0.467. The zero-order valence-corrected chi connectivity index (χ0v) is 11.4. The van der Waals surface area contributed by atoms with Gasteiger partial charge >= 0.3 is 0 Å². The lowest BCUT2D eigenvalue weighted by atomic mass is 10.1. The Morgan fingerprint density at radius 3 is 2.65 bits per heavy atom. The number of hydrogen-bond acceptors (Lipinski definition) is 2. The lowest BCUT2D eigenvalue weighted by Crippen LogP contribution is -2.19. The summed E-state index contributed by atoms with van der Waals surface area (Å²) in [6.45, 7) is 14.7. The first-order chi connectivity index (χ1) is 8.04. The molecule has 1 N–H and O–H groups in total. The summed E-state index contributed by atoms with van der Waals surface area (Å²) < 4.78 is 5.82. The van der Waals surface area contributed by atoms with Gasteiger partial charge in [-0.3, -0.25) is 0 Å². The molecule has 0 aromatic heterocycles. The van der Waals surface area contributed by atoms with Crippen molar-refractivity contribution in [1.29, 1.82) is 0 Å². The van der Waals surface area contributed by atoms with Crippen LogP contribution in [0.3, 0.4) is 0 Å². The van der Waals surface area contributed by atoms with Crippen LogP contribution in [-0.4, -0.2) is 19.7 Å². The number of likely N-dealkylation sites (N-methyl/N-ethyl adjacent to an activating group) is 1. The van der Waals surface area contributed by atoms with Gasteiger partial charge in [-0.2, -0.15) is 0 Å². The zero-order chi connectivity index (χ0) is 12.8. The average molecular weight is 233 g/mol. The van der Waals surface area contributed by atoms with Crippen molar-refractivity contribution >= 4 is 0 Å². The maximum Gasteiger partial charge on any atom is 0.123 e. The quantitative estimate of drug-likeness (QED) is 0.762. The molecule has 2 nitrogen and oxygen atoms in total. The van der Waals surface area contributed by atoms with E-state index in [1.165, 1.54) is 16.7 Å². The molecule has 1 aromatic rings. The predicted molar refractivity (Wildman–Crippen MR) is 73.8 cm³/mol. The molecule has 0 fully saturated rings. The maximum absolute atomic E-state index is 5.82. The molecule has 0 atom stereocenters. The fourth-order valence-corrected chi connectivity index (χ4v) is 1.68. The van der Waals surface area contributed by atoms with E-state index in [-0.39, 0.29) is 0 Å². The van der Waals surface area contributed by atoms with Crippen molar-refractivity contribution in [2.24, 2.45) is 0 Å².